The van der Waals surface area contributed by atoms with Crippen molar-refractivity contribution in [3.8, 4) is 0 Å². The number of amides is 2. The van der Waals surface area contributed by atoms with Gasteiger partial charge < -0.3 is 15.4 Å². The van der Waals surface area contributed by atoms with Crippen LogP contribution in [0.2, 0.25) is 0 Å². The summed E-state index contributed by atoms with van der Waals surface area (Å²) in [7, 11) is 0. The Morgan fingerprint density at radius 3 is 2.53 bits per heavy atom. The third-order valence-electron chi connectivity index (χ3n) is 6.54. The Morgan fingerprint density at radius 1 is 1.07 bits per heavy atom. The van der Waals surface area contributed by atoms with E-state index in [4.69, 9.17) is 10.5 Å². The first kappa shape index (κ1) is 20.5. The Labute approximate surface area is 175 Å². The molecule has 1 aromatic carbocycles. The number of piperidine rings is 1. The first-order valence-electron chi connectivity index (χ1n) is 10.3. The Morgan fingerprint density at radius 2 is 1.87 bits per heavy atom. The number of carbonyl (C=O) groups is 2. The fraction of sp³-hybridized carbons (Fsp3) is 0.435. The molecule has 0 bridgehead atoms. The van der Waals surface area contributed by atoms with Crippen LogP contribution in [-0.4, -0.2) is 48.0 Å². The van der Waals surface area contributed by atoms with E-state index in [0.717, 1.165) is 0 Å². The van der Waals surface area contributed by atoms with E-state index in [9.17, 15) is 14.0 Å². The average molecular weight is 411 g/mol. The highest BCUT2D eigenvalue weighted by Crippen LogP contribution is 2.40. The molecule has 1 aromatic heterocycles. The third kappa shape index (κ3) is 3.47. The Bertz CT molecular complexity index is 930. The molecule has 7 heteroatoms. The number of rotatable bonds is 4. The molecule has 158 valence electrons. The summed E-state index contributed by atoms with van der Waals surface area (Å²) in [6, 6.07) is 11.6. The largest absolute Gasteiger partial charge is 0.381 e. The molecule has 30 heavy (non-hydrogen) atoms. The van der Waals surface area contributed by atoms with Crippen LogP contribution in [0, 0.1) is 5.82 Å². The van der Waals surface area contributed by atoms with E-state index in [1.165, 1.54) is 12.1 Å². The Hall–Kier alpha value is -2.80. The molecule has 2 aliphatic heterocycles. The van der Waals surface area contributed by atoms with E-state index in [1.807, 2.05) is 6.07 Å². The molecule has 1 atom stereocenters. The Kier molecular flexibility index (Phi) is 5.56. The van der Waals surface area contributed by atoms with E-state index in [2.05, 4.69) is 4.98 Å². The number of likely N-dealkylation sites (tertiary alicyclic amines) is 1. The van der Waals surface area contributed by atoms with Gasteiger partial charge in [-0.1, -0.05) is 18.2 Å². The third-order valence-corrected chi connectivity index (χ3v) is 6.54. The molecule has 2 fully saturated rings. The van der Waals surface area contributed by atoms with Gasteiger partial charge in [0.25, 0.3) is 0 Å². The molecule has 2 N–H and O–H groups in total. The maximum absolute atomic E-state index is 14.0. The Balaban J connectivity index is 1.71. The van der Waals surface area contributed by atoms with E-state index in [-0.39, 0.29) is 18.3 Å². The predicted molar refractivity (Wildman–Crippen MR) is 109 cm³/mol. The van der Waals surface area contributed by atoms with Gasteiger partial charge in [-0.05, 0) is 55.5 Å². The van der Waals surface area contributed by atoms with Crippen LogP contribution < -0.4 is 5.73 Å². The van der Waals surface area contributed by atoms with Crippen LogP contribution in [0.25, 0.3) is 0 Å². The van der Waals surface area contributed by atoms with Gasteiger partial charge in [0.05, 0.1) is 11.1 Å². The summed E-state index contributed by atoms with van der Waals surface area (Å²) in [5.41, 5.74) is 5.20. The number of aromatic nitrogens is 1. The number of halogens is 1. The quantitative estimate of drug-likeness (QED) is 0.837. The summed E-state index contributed by atoms with van der Waals surface area (Å²) in [5.74, 6) is -0.951. The van der Waals surface area contributed by atoms with Crippen molar-refractivity contribution < 1.29 is 18.7 Å². The fourth-order valence-corrected chi connectivity index (χ4v) is 4.85. The summed E-state index contributed by atoms with van der Waals surface area (Å²) in [5, 5.41) is 0. The smallest absolute Gasteiger partial charge is 0.233 e. The molecule has 6 nitrogen and oxygen atoms in total. The monoisotopic (exact) mass is 411 g/mol. The zero-order valence-corrected chi connectivity index (χ0v) is 16.9. The van der Waals surface area contributed by atoms with Crippen LogP contribution in [0.5, 0.6) is 0 Å². The maximum Gasteiger partial charge on any atom is 0.233 e. The van der Waals surface area contributed by atoms with Crippen molar-refractivity contribution in [3.63, 3.8) is 0 Å². The number of hydrogen-bond donors (Lipinski definition) is 1. The van der Waals surface area contributed by atoms with E-state index in [0.29, 0.717) is 56.7 Å². The molecular formula is C23H26FN3O3. The average Bonchev–Trinajstić information content (AvgIpc) is 2.79. The minimum Gasteiger partial charge on any atom is -0.381 e. The first-order valence-corrected chi connectivity index (χ1v) is 10.3. The SMILES string of the molecule is NC(=O)[C@@]1(c2ccccn2)CCCN(C(=O)C2(c3cccc(F)c3)CCOCC2)C1. The molecule has 0 saturated carbocycles. The summed E-state index contributed by atoms with van der Waals surface area (Å²) in [6.45, 7) is 1.56. The predicted octanol–water partition coefficient (Wildman–Crippen LogP) is 2.31. The lowest BCUT2D eigenvalue weighted by Gasteiger charge is -2.45. The molecule has 0 spiro atoms. The van der Waals surface area contributed by atoms with Gasteiger partial charge in [0.2, 0.25) is 11.8 Å². The molecule has 0 aliphatic carbocycles. The molecule has 0 unspecified atom stereocenters. The van der Waals surface area contributed by atoms with Crippen LogP contribution in [0.1, 0.15) is 36.9 Å². The van der Waals surface area contributed by atoms with Crippen LogP contribution in [0.3, 0.4) is 0 Å². The standard InChI is InChI=1S/C23H26FN3O3/c24-18-6-3-5-17(15-18)22(9-13-30-14-10-22)21(29)27-12-4-8-23(16-27,20(25)28)19-7-1-2-11-26-19/h1-3,5-7,11,15H,4,8-10,12-14,16H2,(H2,25,28)/t23-/m0/s1. The molecule has 2 saturated heterocycles. The molecule has 3 heterocycles. The van der Waals surface area contributed by atoms with E-state index in [1.54, 1.807) is 35.4 Å². The van der Waals surface area contributed by atoms with Gasteiger partial charge in [0.15, 0.2) is 0 Å². The number of nitrogens with two attached hydrogens (primary N) is 1. The van der Waals surface area contributed by atoms with Gasteiger partial charge in [0.1, 0.15) is 11.2 Å². The van der Waals surface area contributed by atoms with Crippen molar-refractivity contribution in [1.82, 2.24) is 9.88 Å². The summed E-state index contributed by atoms with van der Waals surface area (Å²) in [4.78, 5) is 32.6. The lowest BCUT2D eigenvalue weighted by atomic mass is 9.71. The number of benzene rings is 1. The van der Waals surface area contributed by atoms with Gasteiger partial charge >= 0.3 is 0 Å². The molecule has 0 radical (unpaired) electrons. The number of pyridine rings is 1. The fourth-order valence-electron chi connectivity index (χ4n) is 4.85. The van der Waals surface area contributed by atoms with Gasteiger partial charge in [-0.3, -0.25) is 14.6 Å². The number of hydrogen-bond acceptors (Lipinski definition) is 4. The zero-order chi connectivity index (χ0) is 21.2. The zero-order valence-electron chi connectivity index (χ0n) is 16.9. The van der Waals surface area contributed by atoms with Crippen LogP contribution >= 0.6 is 0 Å². The second kappa shape index (κ2) is 8.14. The van der Waals surface area contributed by atoms with Crippen molar-refractivity contribution in [1.29, 1.82) is 0 Å². The van der Waals surface area contributed by atoms with Gasteiger partial charge in [-0.2, -0.15) is 0 Å². The van der Waals surface area contributed by atoms with Crippen LogP contribution in [0.4, 0.5) is 4.39 Å². The minimum atomic E-state index is -1.02. The van der Waals surface area contributed by atoms with E-state index < -0.39 is 16.7 Å². The lowest BCUT2D eigenvalue weighted by Crippen LogP contribution is -2.59. The topological polar surface area (TPSA) is 85.5 Å². The van der Waals surface area contributed by atoms with Crippen LogP contribution in [-0.2, 0) is 25.2 Å². The van der Waals surface area contributed by atoms with Crippen molar-refractivity contribution in [2.24, 2.45) is 5.73 Å². The van der Waals surface area contributed by atoms with E-state index >= 15 is 0 Å². The normalized spacial score (nSPS) is 23.7. The lowest BCUT2D eigenvalue weighted by molar-refractivity contribution is -0.145. The molecule has 2 aromatic rings. The summed E-state index contributed by atoms with van der Waals surface area (Å²) < 4.78 is 19.5. The van der Waals surface area contributed by atoms with Gasteiger partial charge in [0, 0.05) is 32.5 Å². The number of carbonyl (C=O) groups excluding carboxylic acids is 2. The molecule has 2 amide bonds. The van der Waals surface area contributed by atoms with Gasteiger partial charge in [-0.25, -0.2) is 4.39 Å². The summed E-state index contributed by atoms with van der Waals surface area (Å²) >= 11 is 0. The number of nitrogens with zero attached hydrogens (tertiary/aromatic N) is 2. The molecule has 4 rings (SSSR count). The molecule has 2 aliphatic rings. The first-order chi connectivity index (χ1) is 14.5. The van der Waals surface area contributed by atoms with Crippen molar-refractivity contribution in [2.75, 3.05) is 26.3 Å². The second-order valence-corrected chi connectivity index (χ2v) is 8.20. The highest BCUT2D eigenvalue weighted by atomic mass is 19.1. The molecular weight excluding hydrogens is 385 g/mol. The number of ether oxygens (including phenoxy) is 1. The van der Waals surface area contributed by atoms with Crippen molar-refractivity contribution >= 4 is 11.8 Å². The van der Waals surface area contributed by atoms with Crippen molar-refractivity contribution in [2.45, 2.75) is 36.5 Å². The number of primary amides is 1. The maximum atomic E-state index is 14.0. The van der Waals surface area contributed by atoms with Gasteiger partial charge in [-0.15, -0.1) is 0 Å². The summed E-state index contributed by atoms with van der Waals surface area (Å²) in [6.07, 6.45) is 3.76. The van der Waals surface area contributed by atoms with Crippen LogP contribution in [0.15, 0.2) is 48.7 Å². The second-order valence-electron chi connectivity index (χ2n) is 8.20. The highest BCUT2D eigenvalue weighted by molar-refractivity contribution is 5.91. The van der Waals surface area contributed by atoms with Crippen molar-refractivity contribution in [3.05, 3.63) is 65.7 Å². The minimum absolute atomic E-state index is 0.0994. The highest BCUT2D eigenvalue weighted by Gasteiger charge is 2.50.